The summed E-state index contributed by atoms with van der Waals surface area (Å²) in [5.74, 6) is 0.369. The summed E-state index contributed by atoms with van der Waals surface area (Å²) in [5.41, 5.74) is 1.78. The normalized spacial score (nSPS) is 14.1. The van der Waals surface area contributed by atoms with Crippen molar-refractivity contribution in [2.24, 2.45) is 0 Å². The molecule has 0 spiro atoms. The summed E-state index contributed by atoms with van der Waals surface area (Å²) in [6.07, 6.45) is 2.39. The van der Waals surface area contributed by atoms with Crippen molar-refractivity contribution in [1.82, 2.24) is 0 Å². The van der Waals surface area contributed by atoms with Crippen LogP contribution in [0, 0.1) is 0 Å². The second-order valence-corrected chi connectivity index (χ2v) is 3.96. The first-order valence-corrected chi connectivity index (χ1v) is 5.56. The van der Waals surface area contributed by atoms with Crippen LogP contribution in [-0.2, 0) is 16.0 Å². The molecule has 0 unspecified atom stereocenters. The van der Waals surface area contributed by atoms with Gasteiger partial charge in [0.25, 0.3) is 0 Å². The lowest BCUT2D eigenvalue weighted by atomic mass is 9.91. The minimum Gasteiger partial charge on any atom is -0.482 e. The standard InChI is InChI=1S/C13H14O4/c1-16-13(15)8-17-10-5-6-11-9(7-10)3-2-4-12(11)14/h5-7H,2-4,8H2,1H3. The zero-order valence-corrected chi connectivity index (χ0v) is 9.69. The number of rotatable bonds is 3. The quantitative estimate of drug-likeness (QED) is 0.748. The molecule has 1 aliphatic carbocycles. The first-order chi connectivity index (χ1) is 8.20. The molecule has 0 aliphatic heterocycles. The van der Waals surface area contributed by atoms with Gasteiger partial charge in [-0.3, -0.25) is 4.79 Å². The highest BCUT2D eigenvalue weighted by Crippen LogP contribution is 2.25. The molecule has 4 heteroatoms. The second kappa shape index (κ2) is 4.99. The molecule has 1 aliphatic rings. The van der Waals surface area contributed by atoms with Crippen LogP contribution in [-0.4, -0.2) is 25.5 Å². The SMILES string of the molecule is COC(=O)COc1ccc2c(c1)CCCC2=O. The predicted molar refractivity (Wildman–Crippen MR) is 61.2 cm³/mol. The second-order valence-electron chi connectivity index (χ2n) is 3.96. The van der Waals surface area contributed by atoms with E-state index >= 15 is 0 Å². The molecule has 2 rings (SSSR count). The third-order valence-electron chi connectivity index (χ3n) is 2.81. The lowest BCUT2D eigenvalue weighted by Crippen LogP contribution is -2.14. The monoisotopic (exact) mass is 234 g/mol. The minimum atomic E-state index is -0.418. The molecular formula is C13H14O4. The van der Waals surface area contributed by atoms with Crippen molar-refractivity contribution in [1.29, 1.82) is 0 Å². The molecule has 1 aromatic rings. The topological polar surface area (TPSA) is 52.6 Å². The van der Waals surface area contributed by atoms with Crippen molar-refractivity contribution in [3.8, 4) is 5.75 Å². The van der Waals surface area contributed by atoms with Crippen molar-refractivity contribution < 1.29 is 19.1 Å². The first-order valence-electron chi connectivity index (χ1n) is 5.56. The van der Waals surface area contributed by atoms with Gasteiger partial charge in [0.1, 0.15) is 5.75 Å². The Morgan fingerprint density at radius 3 is 2.94 bits per heavy atom. The summed E-state index contributed by atoms with van der Waals surface area (Å²) in [5, 5.41) is 0. The fraction of sp³-hybridized carbons (Fsp3) is 0.385. The summed E-state index contributed by atoms with van der Waals surface area (Å²) in [7, 11) is 1.32. The van der Waals surface area contributed by atoms with Crippen molar-refractivity contribution >= 4 is 11.8 Å². The average Bonchev–Trinajstić information content (AvgIpc) is 2.36. The number of benzene rings is 1. The molecule has 0 atom stereocenters. The highest BCUT2D eigenvalue weighted by Gasteiger charge is 2.17. The molecule has 4 nitrogen and oxygen atoms in total. The Bertz CT molecular complexity index is 451. The summed E-state index contributed by atoms with van der Waals surface area (Å²) in [6, 6.07) is 5.31. The van der Waals surface area contributed by atoms with Gasteiger partial charge < -0.3 is 9.47 Å². The van der Waals surface area contributed by atoms with Crippen LogP contribution in [0.3, 0.4) is 0 Å². The van der Waals surface area contributed by atoms with Crippen LogP contribution in [0.15, 0.2) is 18.2 Å². The van der Waals surface area contributed by atoms with Crippen LogP contribution in [0.2, 0.25) is 0 Å². The van der Waals surface area contributed by atoms with E-state index in [9.17, 15) is 9.59 Å². The van der Waals surface area contributed by atoms with E-state index in [1.54, 1.807) is 12.1 Å². The number of Topliss-reactive ketones (excluding diaryl/α,β-unsaturated/α-hetero) is 1. The Kier molecular flexibility index (Phi) is 3.42. The van der Waals surface area contributed by atoms with Crippen molar-refractivity contribution in [3.63, 3.8) is 0 Å². The van der Waals surface area contributed by atoms with E-state index in [1.165, 1.54) is 7.11 Å². The van der Waals surface area contributed by atoms with E-state index in [-0.39, 0.29) is 12.4 Å². The first kappa shape index (κ1) is 11.6. The van der Waals surface area contributed by atoms with Gasteiger partial charge in [-0.2, -0.15) is 0 Å². The fourth-order valence-corrected chi connectivity index (χ4v) is 1.91. The summed E-state index contributed by atoms with van der Waals surface area (Å²) in [4.78, 5) is 22.5. The Balaban J connectivity index is 2.11. The van der Waals surface area contributed by atoms with Gasteiger partial charge >= 0.3 is 5.97 Å². The van der Waals surface area contributed by atoms with E-state index in [1.807, 2.05) is 6.07 Å². The summed E-state index contributed by atoms with van der Waals surface area (Å²) < 4.78 is 9.76. The van der Waals surface area contributed by atoms with Gasteiger partial charge in [0, 0.05) is 12.0 Å². The van der Waals surface area contributed by atoms with E-state index in [0.29, 0.717) is 12.2 Å². The van der Waals surface area contributed by atoms with Crippen molar-refractivity contribution in [2.75, 3.05) is 13.7 Å². The summed E-state index contributed by atoms with van der Waals surface area (Å²) in [6.45, 7) is -0.108. The van der Waals surface area contributed by atoms with Crippen LogP contribution in [0.1, 0.15) is 28.8 Å². The highest BCUT2D eigenvalue weighted by atomic mass is 16.6. The molecule has 0 saturated carbocycles. The molecule has 0 bridgehead atoms. The van der Waals surface area contributed by atoms with Gasteiger partial charge in [-0.15, -0.1) is 0 Å². The Morgan fingerprint density at radius 1 is 1.35 bits per heavy atom. The van der Waals surface area contributed by atoms with Crippen LogP contribution >= 0.6 is 0 Å². The molecule has 90 valence electrons. The molecular weight excluding hydrogens is 220 g/mol. The van der Waals surface area contributed by atoms with Crippen molar-refractivity contribution in [2.45, 2.75) is 19.3 Å². The maximum absolute atomic E-state index is 11.6. The van der Waals surface area contributed by atoms with E-state index in [0.717, 1.165) is 24.0 Å². The molecule has 0 saturated heterocycles. The Hall–Kier alpha value is -1.84. The number of aryl methyl sites for hydroxylation is 1. The summed E-state index contributed by atoms with van der Waals surface area (Å²) >= 11 is 0. The zero-order valence-electron chi connectivity index (χ0n) is 9.69. The van der Waals surface area contributed by atoms with Crippen LogP contribution in [0.5, 0.6) is 5.75 Å². The predicted octanol–water partition coefficient (Wildman–Crippen LogP) is 1.76. The number of fused-ring (bicyclic) bond motifs is 1. The fourth-order valence-electron chi connectivity index (χ4n) is 1.91. The van der Waals surface area contributed by atoms with Crippen LogP contribution in [0.4, 0.5) is 0 Å². The molecule has 0 N–H and O–H groups in total. The average molecular weight is 234 g/mol. The third-order valence-corrected chi connectivity index (χ3v) is 2.81. The van der Waals surface area contributed by atoms with Crippen molar-refractivity contribution in [3.05, 3.63) is 29.3 Å². The zero-order chi connectivity index (χ0) is 12.3. The van der Waals surface area contributed by atoms with E-state index < -0.39 is 5.97 Å². The number of hydrogen-bond acceptors (Lipinski definition) is 4. The molecule has 0 amide bonds. The number of methoxy groups -OCH3 is 1. The van der Waals surface area contributed by atoms with Crippen LogP contribution in [0.25, 0.3) is 0 Å². The maximum atomic E-state index is 11.6. The molecule has 0 aromatic heterocycles. The Morgan fingerprint density at radius 2 is 2.18 bits per heavy atom. The van der Waals surface area contributed by atoms with Crippen LogP contribution < -0.4 is 4.74 Å². The van der Waals surface area contributed by atoms with Gasteiger partial charge in [-0.25, -0.2) is 4.79 Å². The van der Waals surface area contributed by atoms with Gasteiger partial charge in [0.2, 0.25) is 0 Å². The molecule has 0 heterocycles. The highest BCUT2D eigenvalue weighted by molar-refractivity contribution is 5.98. The third kappa shape index (κ3) is 2.64. The largest absolute Gasteiger partial charge is 0.482 e. The number of esters is 1. The minimum absolute atomic E-state index is 0.108. The van der Waals surface area contributed by atoms with Gasteiger partial charge in [-0.05, 0) is 36.6 Å². The number of ketones is 1. The number of ether oxygens (including phenoxy) is 2. The van der Waals surface area contributed by atoms with E-state index in [4.69, 9.17) is 4.74 Å². The lowest BCUT2D eigenvalue weighted by Gasteiger charge is -2.15. The smallest absolute Gasteiger partial charge is 0.343 e. The number of carbonyl (C=O) groups is 2. The van der Waals surface area contributed by atoms with Gasteiger partial charge in [0.15, 0.2) is 12.4 Å². The van der Waals surface area contributed by atoms with Gasteiger partial charge in [0.05, 0.1) is 7.11 Å². The maximum Gasteiger partial charge on any atom is 0.343 e. The van der Waals surface area contributed by atoms with E-state index in [2.05, 4.69) is 4.74 Å². The number of carbonyl (C=O) groups excluding carboxylic acids is 2. The molecule has 1 aromatic carbocycles. The molecule has 0 fully saturated rings. The molecule has 17 heavy (non-hydrogen) atoms. The lowest BCUT2D eigenvalue weighted by molar-refractivity contribution is -0.142. The Labute approximate surface area is 99.5 Å². The van der Waals surface area contributed by atoms with Gasteiger partial charge in [-0.1, -0.05) is 0 Å². The molecule has 0 radical (unpaired) electrons. The number of hydrogen-bond donors (Lipinski definition) is 0.